The van der Waals surface area contributed by atoms with Crippen LogP contribution in [0.3, 0.4) is 0 Å². The van der Waals surface area contributed by atoms with Crippen LogP contribution in [-0.2, 0) is 9.84 Å². The van der Waals surface area contributed by atoms with Gasteiger partial charge in [-0.3, -0.25) is 4.99 Å². The Morgan fingerprint density at radius 1 is 1.26 bits per heavy atom. The Balaban J connectivity index is 0.00000261. The molecule has 27 heavy (non-hydrogen) atoms. The number of sulfone groups is 1. The summed E-state index contributed by atoms with van der Waals surface area (Å²) in [5.41, 5.74) is 1.22. The minimum atomic E-state index is -2.86. The Hall–Kier alpha value is -1.03. The number of ether oxygens (including phenoxy) is 1. The predicted octanol–water partition coefficient (Wildman–Crippen LogP) is 2.55. The monoisotopic (exact) mass is 507 g/mol. The van der Waals surface area contributed by atoms with Gasteiger partial charge in [0.1, 0.15) is 5.75 Å². The number of halogens is 1. The highest BCUT2D eigenvalue weighted by atomic mass is 127. The van der Waals surface area contributed by atoms with Crippen molar-refractivity contribution in [3.63, 3.8) is 0 Å². The summed E-state index contributed by atoms with van der Waals surface area (Å²) in [4.78, 5) is 4.67. The number of guanidine groups is 1. The molecule has 2 N–H and O–H groups in total. The molecule has 0 radical (unpaired) electrons. The third kappa shape index (κ3) is 5.97. The number of benzene rings is 1. The van der Waals surface area contributed by atoms with Gasteiger partial charge in [0, 0.05) is 30.1 Å². The van der Waals surface area contributed by atoms with Crippen LogP contribution in [-0.4, -0.2) is 51.1 Å². The van der Waals surface area contributed by atoms with Crippen LogP contribution >= 0.6 is 24.0 Å². The van der Waals surface area contributed by atoms with E-state index in [-0.39, 0.29) is 53.6 Å². The summed E-state index contributed by atoms with van der Waals surface area (Å²) in [5.74, 6) is 2.62. The third-order valence-electron chi connectivity index (χ3n) is 4.96. The van der Waals surface area contributed by atoms with Gasteiger partial charge in [0.15, 0.2) is 15.8 Å². The van der Waals surface area contributed by atoms with Gasteiger partial charge in [-0.1, -0.05) is 18.2 Å². The largest absolute Gasteiger partial charge is 0.493 e. The van der Waals surface area contributed by atoms with Crippen LogP contribution in [0.15, 0.2) is 29.3 Å². The van der Waals surface area contributed by atoms with Crippen LogP contribution in [0.5, 0.6) is 5.75 Å². The fraction of sp³-hybridized carbons (Fsp3) is 0.632. The normalized spacial score (nSPS) is 24.7. The maximum atomic E-state index is 11.6. The van der Waals surface area contributed by atoms with E-state index in [1.807, 2.05) is 18.2 Å². The number of nitrogens with zero attached hydrogens (tertiary/aromatic N) is 1. The molecule has 0 saturated carbocycles. The maximum absolute atomic E-state index is 11.6. The van der Waals surface area contributed by atoms with E-state index in [0.29, 0.717) is 25.3 Å². The van der Waals surface area contributed by atoms with Gasteiger partial charge >= 0.3 is 0 Å². The Kier molecular flexibility index (Phi) is 7.79. The molecule has 0 amide bonds. The van der Waals surface area contributed by atoms with Crippen molar-refractivity contribution in [3.05, 3.63) is 29.8 Å². The van der Waals surface area contributed by atoms with Crippen molar-refractivity contribution in [3.8, 4) is 5.75 Å². The number of hydrogen-bond donors (Lipinski definition) is 2. The fourth-order valence-corrected chi connectivity index (χ4v) is 5.41. The van der Waals surface area contributed by atoms with E-state index in [0.717, 1.165) is 11.7 Å². The molecule has 3 atom stereocenters. The molecular weight excluding hydrogens is 477 g/mol. The zero-order valence-electron chi connectivity index (χ0n) is 16.1. The molecule has 0 spiro atoms. The van der Waals surface area contributed by atoms with E-state index in [1.54, 1.807) is 0 Å². The lowest BCUT2D eigenvalue weighted by Gasteiger charge is -2.24. The lowest BCUT2D eigenvalue weighted by molar-refractivity contribution is 0.312. The number of aliphatic imine (C=N–C) groups is 1. The zero-order chi connectivity index (χ0) is 18.7. The van der Waals surface area contributed by atoms with E-state index in [9.17, 15) is 8.42 Å². The molecule has 0 aliphatic carbocycles. The van der Waals surface area contributed by atoms with Gasteiger partial charge in [-0.05, 0) is 39.2 Å². The Morgan fingerprint density at radius 2 is 2.00 bits per heavy atom. The molecule has 2 heterocycles. The van der Waals surface area contributed by atoms with Crippen molar-refractivity contribution in [2.45, 2.75) is 45.2 Å². The zero-order valence-corrected chi connectivity index (χ0v) is 19.3. The van der Waals surface area contributed by atoms with E-state index < -0.39 is 9.84 Å². The number of hydrogen-bond acceptors (Lipinski definition) is 4. The minimum absolute atomic E-state index is 0. The fourth-order valence-electron chi connectivity index (χ4n) is 3.56. The molecule has 1 saturated heterocycles. The first-order valence-corrected chi connectivity index (χ1v) is 11.2. The number of fused-ring (bicyclic) bond motifs is 1. The molecule has 1 fully saturated rings. The minimum Gasteiger partial charge on any atom is -0.493 e. The van der Waals surface area contributed by atoms with Crippen LogP contribution in [0.4, 0.5) is 0 Å². The van der Waals surface area contributed by atoms with Crippen LogP contribution in [0, 0.1) is 5.92 Å². The number of nitrogens with one attached hydrogen (secondary N) is 2. The molecule has 3 rings (SSSR count). The molecule has 3 unspecified atom stereocenters. The Labute approximate surface area is 179 Å². The van der Waals surface area contributed by atoms with E-state index in [2.05, 4.69) is 42.5 Å². The highest BCUT2D eigenvalue weighted by Gasteiger charge is 2.30. The van der Waals surface area contributed by atoms with E-state index >= 15 is 0 Å². The summed E-state index contributed by atoms with van der Waals surface area (Å²) in [7, 11) is -2.86. The van der Waals surface area contributed by atoms with Crippen molar-refractivity contribution in [2.75, 3.05) is 24.7 Å². The summed E-state index contributed by atoms with van der Waals surface area (Å²) in [5, 5.41) is 6.84. The summed E-state index contributed by atoms with van der Waals surface area (Å²) >= 11 is 0. The summed E-state index contributed by atoms with van der Waals surface area (Å²) < 4.78 is 29.1. The molecule has 8 heteroatoms. The summed E-state index contributed by atoms with van der Waals surface area (Å²) in [6.07, 6.45) is 0.709. The first-order chi connectivity index (χ1) is 12.3. The molecule has 152 valence electrons. The highest BCUT2D eigenvalue weighted by Crippen LogP contribution is 2.35. The van der Waals surface area contributed by atoms with Crippen molar-refractivity contribution in [1.82, 2.24) is 10.6 Å². The van der Waals surface area contributed by atoms with Crippen LogP contribution < -0.4 is 15.4 Å². The summed E-state index contributed by atoms with van der Waals surface area (Å²) in [6, 6.07) is 8.53. The molecule has 1 aromatic carbocycles. The van der Waals surface area contributed by atoms with Crippen molar-refractivity contribution < 1.29 is 13.2 Å². The predicted molar refractivity (Wildman–Crippen MR) is 120 cm³/mol. The lowest BCUT2D eigenvalue weighted by atomic mass is 9.94. The molecule has 0 aromatic heterocycles. The molecule has 2 aliphatic heterocycles. The molecule has 0 bridgehead atoms. The lowest BCUT2D eigenvalue weighted by Crippen LogP contribution is -2.47. The topological polar surface area (TPSA) is 79.8 Å². The smallest absolute Gasteiger partial charge is 0.191 e. The van der Waals surface area contributed by atoms with Gasteiger partial charge in [-0.2, -0.15) is 0 Å². The highest BCUT2D eigenvalue weighted by molar-refractivity contribution is 14.0. The quantitative estimate of drug-likeness (QED) is 0.364. The number of rotatable bonds is 5. The van der Waals surface area contributed by atoms with Gasteiger partial charge in [-0.25, -0.2) is 8.42 Å². The standard InChI is InChI=1S/C19H29N3O3S.HI/c1-13(2)21-19(20-10-15-8-9-26(23,24)12-15)22-14(3)17-11-25-18-7-5-4-6-16(17)18;/h4-7,13-15,17H,8-12H2,1-3H3,(H2,20,21,22);1H. The van der Waals surface area contributed by atoms with Crippen LogP contribution in [0.1, 0.15) is 38.7 Å². The van der Waals surface area contributed by atoms with E-state index in [4.69, 9.17) is 4.74 Å². The molecule has 6 nitrogen and oxygen atoms in total. The molecule has 1 aromatic rings. The SMILES string of the molecule is CC(C)NC(=NCC1CCS(=O)(=O)C1)NC(C)C1COc2ccccc21.I. The Morgan fingerprint density at radius 3 is 2.67 bits per heavy atom. The van der Waals surface area contributed by atoms with Gasteiger partial charge in [0.2, 0.25) is 0 Å². The van der Waals surface area contributed by atoms with Crippen molar-refractivity contribution >= 4 is 39.8 Å². The second kappa shape index (κ2) is 9.45. The molecular formula is C19H30IN3O3S. The maximum Gasteiger partial charge on any atom is 0.191 e. The second-order valence-electron chi connectivity index (χ2n) is 7.65. The van der Waals surface area contributed by atoms with E-state index in [1.165, 1.54) is 5.56 Å². The summed E-state index contributed by atoms with van der Waals surface area (Å²) in [6.45, 7) is 7.45. The third-order valence-corrected chi connectivity index (χ3v) is 6.80. The Bertz CT molecular complexity index is 767. The van der Waals surface area contributed by atoms with Crippen LogP contribution in [0.2, 0.25) is 0 Å². The van der Waals surface area contributed by atoms with Gasteiger partial charge < -0.3 is 15.4 Å². The van der Waals surface area contributed by atoms with Gasteiger partial charge in [0.05, 0.1) is 18.1 Å². The molecule has 2 aliphatic rings. The van der Waals surface area contributed by atoms with Crippen LogP contribution in [0.25, 0.3) is 0 Å². The van der Waals surface area contributed by atoms with Crippen molar-refractivity contribution in [1.29, 1.82) is 0 Å². The average Bonchev–Trinajstić information content (AvgIpc) is 3.15. The first-order valence-electron chi connectivity index (χ1n) is 9.34. The number of para-hydroxylation sites is 1. The average molecular weight is 507 g/mol. The second-order valence-corrected chi connectivity index (χ2v) is 9.87. The van der Waals surface area contributed by atoms with Crippen molar-refractivity contribution in [2.24, 2.45) is 10.9 Å². The van der Waals surface area contributed by atoms with Gasteiger partial charge in [0.25, 0.3) is 0 Å². The first kappa shape index (κ1) is 22.3. The van der Waals surface area contributed by atoms with Gasteiger partial charge in [-0.15, -0.1) is 24.0 Å².